The SMILES string of the molecule is CCCOc1ccc2ccccc2c1CN(C)C(=O)Cn1c(=O)c2c(ncn2C)n(C)c1=O. The van der Waals surface area contributed by atoms with E-state index in [9.17, 15) is 14.4 Å². The molecule has 0 aliphatic heterocycles. The van der Waals surface area contributed by atoms with Gasteiger partial charge >= 0.3 is 5.69 Å². The van der Waals surface area contributed by atoms with Crippen LogP contribution in [0.25, 0.3) is 21.9 Å². The van der Waals surface area contributed by atoms with Crippen LogP contribution in [-0.2, 0) is 32.0 Å². The van der Waals surface area contributed by atoms with E-state index in [2.05, 4.69) is 4.98 Å². The van der Waals surface area contributed by atoms with Gasteiger partial charge in [0.1, 0.15) is 12.3 Å². The van der Waals surface area contributed by atoms with E-state index in [0.717, 1.165) is 33.1 Å². The van der Waals surface area contributed by atoms with Crippen molar-refractivity contribution in [2.24, 2.45) is 14.1 Å². The van der Waals surface area contributed by atoms with E-state index in [-0.39, 0.29) is 30.2 Å². The van der Waals surface area contributed by atoms with Crippen molar-refractivity contribution in [1.29, 1.82) is 0 Å². The topological polar surface area (TPSA) is 91.4 Å². The molecular weight excluding hydrogens is 422 g/mol. The summed E-state index contributed by atoms with van der Waals surface area (Å²) in [6, 6.07) is 11.8. The van der Waals surface area contributed by atoms with E-state index in [4.69, 9.17) is 4.74 Å². The molecule has 0 saturated carbocycles. The number of hydrogen-bond acceptors (Lipinski definition) is 5. The molecule has 0 spiro atoms. The third-order valence-electron chi connectivity index (χ3n) is 5.77. The van der Waals surface area contributed by atoms with Crippen LogP contribution in [0.4, 0.5) is 0 Å². The van der Waals surface area contributed by atoms with Gasteiger partial charge in [-0.15, -0.1) is 0 Å². The molecular formula is C24H27N5O4. The van der Waals surface area contributed by atoms with Gasteiger partial charge in [0, 0.05) is 33.3 Å². The maximum atomic E-state index is 13.1. The van der Waals surface area contributed by atoms with Crippen molar-refractivity contribution < 1.29 is 9.53 Å². The number of fused-ring (bicyclic) bond motifs is 2. The highest BCUT2D eigenvalue weighted by Gasteiger charge is 2.20. The number of hydrogen-bond donors (Lipinski definition) is 0. The first kappa shape index (κ1) is 22.3. The number of ether oxygens (including phenoxy) is 1. The quantitative estimate of drug-likeness (QED) is 0.431. The second-order valence-electron chi connectivity index (χ2n) is 8.12. The Bertz CT molecular complexity index is 1460. The Hall–Kier alpha value is -3.88. The lowest BCUT2D eigenvalue weighted by atomic mass is 10.0. The lowest BCUT2D eigenvalue weighted by Gasteiger charge is -2.21. The monoisotopic (exact) mass is 449 g/mol. The van der Waals surface area contributed by atoms with Crippen molar-refractivity contribution in [3.8, 4) is 5.75 Å². The molecule has 33 heavy (non-hydrogen) atoms. The van der Waals surface area contributed by atoms with Crippen LogP contribution in [0, 0.1) is 0 Å². The molecule has 0 aliphatic rings. The molecule has 2 heterocycles. The van der Waals surface area contributed by atoms with Gasteiger partial charge in [0.2, 0.25) is 5.91 Å². The molecule has 0 aliphatic carbocycles. The minimum atomic E-state index is -0.579. The van der Waals surface area contributed by atoms with E-state index in [1.165, 1.54) is 22.8 Å². The second kappa shape index (κ2) is 8.93. The summed E-state index contributed by atoms with van der Waals surface area (Å²) in [5.74, 6) is 0.365. The molecule has 0 saturated heterocycles. The Kier molecular flexibility index (Phi) is 6.04. The summed E-state index contributed by atoms with van der Waals surface area (Å²) in [6.45, 7) is 2.52. The van der Waals surface area contributed by atoms with Crippen LogP contribution in [0.1, 0.15) is 18.9 Å². The van der Waals surface area contributed by atoms with Crippen LogP contribution in [-0.4, -0.2) is 43.1 Å². The highest BCUT2D eigenvalue weighted by Crippen LogP contribution is 2.29. The normalized spacial score (nSPS) is 11.3. The number of amides is 1. The van der Waals surface area contributed by atoms with Crippen LogP contribution < -0.4 is 16.0 Å². The predicted molar refractivity (Wildman–Crippen MR) is 126 cm³/mol. The zero-order valence-electron chi connectivity index (χ0n) is 19.2. The van der Waals surface area contributed by atoms with Crippen LogP contribution >= 0.6 is 0 Å². The summed E-state index contributed by atoms with van der Waals surface area (Å²) in [6.07, 6.45) is 2.34. The Morgan fingerprint density at radius 1 is 1.12 bits per heavy atom. The van der Waals surface area contributed by atoms with Gasteiger partial charge in [-0.1, -0.05) is 37.3 Å². The zero-order chi connectivity index (χ0) is 23.7. The summed E-state index contributed by atoms with van der Waals surface area (Å²) in [5.41, 5.74) is 0.340. The first-order chi connectivity index (χ1) is 15.8. The molecule has 4 rings (SSSR count). The van der Waals surface area contributed by atoms with Crippen molar-refractivity contribution in [1.82, 2.24) is 23.6 Å². The molecule has 1 amide bonds. The smallest absolute Gasteiger partial charge is 0.332 e. The molecule has 9 heteroatoms. The number of benzene rings is 2. The van der Waals surface area contributed by atoms with Crippen molar-refractivity contribution in [2.45, 2.75) is 26.4 Å². The molecule has 4 aromatic rings. The second-order valence-corrected chi connectivity index (χ2v) is 8.12. The molecule has 2 aromatic heterocycles. The Labute approximate surface area is 190 Å². The molecule has 2 aromatic carbocycles. The maximum absolute atomic E-state index is 13.1. The minimum Gasteiger partial charge on any atom is -0.493 e. The Balaban J connectivity index is 1.67. The fraction of sp³-hybridized carbons (Fsp3) is 0.333. The van der Waals surface area contributed by atoms with E-state index in [0.29, 0.717) is 6.61 Å². The lowest BCUT2D eigenvalue weighted by molar-refractivity contribution is -0.131. The largest absolute Gasteiger partial charge is 0.493 e. The van der Waals surface area contributed by atoms with Crippen LogP contribution in [0.3, 0.4) is 0 Å². The highest BCUT2D eigenvalue weighted by atomic mass is 16.5. The molecule has 0 fully saturated rings. The average Bonchev–Trinajstić information content (AvgIpc) is 3.21. The minimum absolute atomic E-state index is 0.275. The molecule has 172 valence electrons. The fourth-order valence-electron chi connectivity index (χ4n) is 3.94. The first-order valence-electron chi connectivity index (χ1n) is 10.8. The zero-order valence-corrected chi connectivity index (χ0v) is 19.2. The number of nitrogens with zero attached hydrogens (tertiary/aromatic N) is 5. The number of aromatic nitrogens is 4. The average molecular weight is 450 g/mol. The molecule has 0 unspecified atom stereocenters. The van der Waals surface area contributed by atoms with E-state index >= 15 is 0 Å². The van der Waals surface area contributed by atoms with Gasteiger partial charge in [-0.3, -0.25) is 14.2 Å². The van der Waals surface area contributed by atoms with Gasteiger partial charge in [0.25, 0.3) is 5.56 Å². The fourth-order valence-corrected chi connectivity index (χ4v) is 3.94. The summed E-state index contributed by atoms with van der Waals surface area (Å²) >= 11 is 0. The van der Waals surface area contributed by atoms with E-state index < -0.39 is 11.2 Å². The van der Waals surface area contributed by atoms with Crippen LogP contribution in [0.2, 0.25) is 0 Å². The standard InChI is InChI=1S/C24H27N5O4/c1-5-12-33-19-11-10-16-8-6-7-9-17(16)18(19)13-26(2)20(30)14-29-23(31)21-22(25-15-27(21)3)28(4)24(29)32/h6-11,15H,5,12-14H2,1-4H3. The van der Waals surface area contributed by atoms with Crippen LogP contribution in [0.15, 0.2) is 52.3 Å². The van der Waals surface area contributed by atoms with Gasteiger partial charge in [-0.2, -0.15) is 0 Å². The first-order valence-corrected chi connectivity index (χ1v) is 10.8. The lowest BCUT2D eigenvalue weighted by Crippen LogP contribution is -2.43. The highest BCUT2D eigenvalue weighted by molar-refractivity contribution is 5.88. The molecule has 0 radical (unpaired) electrons. The van der Waals surface area contributed by atoms with Gasteiger partial charge in [-0.25, -0.2) is 14.3 Å². The van der Waals surface area contributed by atoms with E-state index in [1.807, 2.05) is 43.3 Å². The Morgan fingerprint density at radius 2 is 1.88 bits per heavy atom. The predicted octanol–water partition coefficient (Wildman–Crippen LogP) is 2.03. The maximum Gasteiger partial charge on any atom is 0.332 e. The van der Waals surface area contributed by atoms with Crippen molar-refractivity contribution >= 4 is 27.8 Å². The summed E-state index contributed by atoms with van der Waals surface area (Å²) in [7, 11) is 4.87. The van der Waals surface area contributed by atoms with Gasteiger partial charge in [0.15, 0.2) is 11.2 Å². The number of aryl methyl sites for hydroxylation is 2. The van der Waals surface area contributed by atoms with Gasteiger partial charge in [0.05, 0.1) is 12.9 Å². The number of carbonyl (C=O) groups excluding carboxylic acids is 1. The molecule has 0 atom stereocenters. The van der Waals surface area contributed by atoms with Crippen LogP contribution in [0.5, 0.6) is 5.75 Å². The number of rotatable bonds is 7. The number of carbonyl (C=O) groups is 1. The molecule has 0 N–H and O–H groups in total. The Morgan fingerprint density at radius 3 is 2.64 bits per heavy atom. The third-order valence-corrected chi connectivity index (χ3v) is 5.77. The number of likely N-dealkylation sites (N-methyl/N-ethyl adjacent to an activating group) is 1. The third kappa shape index (κ3) is 4.02. The van der Waals surface area contributed by atoms with Gasteiger partial charge < -0.3 is 14.2 Å². The van der Waals surface area contributed by atoms with Crippen molar-refractivity contribution in [3.63, 3.8) is 0 Å². The number of imidazole rings is 1. The molecule has 9 nitrogen and oxygen atoms in total. The molecule has 0 bridgehead atoms. The summed E-state index contributed by atoms with van der Waals surface area (Å²) < 4.78 is 9.74. The summed E-state index contributed by atoms with van der Waals surface area (Å²) in [5, 5.41) is 2.04. The summed E-state index contributed by atoms with van der Waals surface area (Å²) in [4.78, 5) is 44.4. The van der Waals surface area contributed by atoms with Crippen molar-refractivity contribution in [3.05, 3.63) is 69.1 Å². The van der Waals surface area contributed by atoms with Crippen molar-refractivity contribution in [2.75, 3.05) is 13.7 Å². The van der Waals surface area contributed by atoms with Gasteiger partial charge in [-0.05, 0) is 23.3 Å². The van der Waals surface area contributed by atoms with E-state index in [1.54, 1.807) is 18.7 Å².